The lowest BCUT2D eigenvalue weighted by Crippen LogP contribution is -2.63. The molecule has 1 saturated heterocycles. The normalized spacial score (nSPS) is 22.6. The fraction of sp³-hybridized carbons (Fsp3) is 0.600. The summed E-state index contributed by atoms with van der Waals surface area (Å²) in [5, 5.41) is 3.66. The summed E-state index contributed by atoms with van der Waals surface area (Å²) in [7, 11) is 0. The molecule has 1 aromatic rings. The number of nitrogens with one attached hydrogen (secondary N) is 1. The first kappa shape index (κ1) is 14.8. The molecule has 0 saturated carbocycles. The number of anilines is 1. The third-order valence-electron chi connectivity index (χ3n) is 4.35. The second kappa shape index (κ2) is 5.80. The average molecular weight is 329 g/mol. The number of halogens is 2. The molecule has 0 spiro atoms. The highest BCUT2D eigenvalue weighted by Crippen LogP contribution is 2.33. The van der Waals surface area contributed by atoms with Crippen molar-refractivity contribution in [1.82, 2.24) is 5.32 Å². The van der Waals surface area contributed by atoms with E-state index in [0.29, 0.717) is 6.04 Å². The molecule has 0 bridgehead atoms. The Labute approximate surface area is 123 Å². The number of nitrogens with zero attached hydrogens (tertiary/aromatic N) is 1. The van der Waals surface area contributed by atoms with Crippen molar-refractivity contribution in [2.75, 3.05) is 18.0 Å². The van der Waals surface area contributed by atoms with Crippen LogP contribution in [0.15, 0.2) is 22.7 Å². The first-order valence-corrected chi connectivity index (χ1v) is 7.77. The first-order chi connectivity index (χ1) is 9.01. The summed E-state index contributed by atoms with van der Waals surface area (Å²) >= 11 is 3.55. The van der Waals surface area contributed by atoms with Gasteiger partial charge in [-0.15, -0.1) is 0 Å². The molecule has 1 atom stereocenters. The Morgan fingerprint density at radius 3 is 2.74 bits per heavy atom. The van der Waals surface area contributed by atoms with Gasteiger partial charge in [-0.05, 0) is 53.9 Å². The SMILES string of the molecule is CCC1(CC)CN(c2cc(F)ccc2Br)C(C)CN1. The van der Waals surface area contributed by atoms with Crippen molar-refractivity contribution >= 4 is 21.6 Å². The summed E-state index contributed by atoms with van der Waals surface area (Å²) in [6, 6.07) is 5.28. The molecule has 106 valence electrons. The lowest BCUT2D eigenvalue weighted by molar-refractivity contribution is 0.253. The summed E-state index contributed by atoms with van der Waals surface area (Å²) in [5.74, 6) is -0.178. The summed E-state index contributed by atoms with van der Waals surface area (Å²) in [4.78, 5) is 2.32. The van der Waals surface area contributed by atoms with E-state index in [0.717, 1.165) is 36.1 Å². The highest BCUT2D eigenvalue weighted by molar-refractivity contribution is 9.10. The van der Waals surface area contributed by atoms with Gasteiger partial charge in [0.15, 0.2) is 0 Å². The molecule has 1 aromatic carbocycles. The smallest absolute Gasteiger partial charge is 0.125 e. The second-order valence-electron chi connectivity index (χ2n) is 5.44. The molecule has 19 heavy (non-hydrogen) atoms. The van der Waals surface area contributed by atoms with Gasteiger partial charge in [-0.2, -0.15) is 0 Å². The minimum atomic E-state index is -0.178. The van der Waals surface area contributed by atoms with E-state index in [1.165, 1.54) is 6.07 Å². The highest BCUT2D eigenvalue weighted by Gasteiger charge is 2.35. The van der Waals surface area contributed by atoms with Crippen LogP contribution in [0, 0.1) is 5.82 Å². The lowest BCUT2D eigenvalue weighted by atomic mass is 9.88. The van der Waals surface area contributed by atoms with Crippen molar-refractivity contribution in [3.63, 3.8) is 0 Å². The van der Waals surface area contributed by atoms with Gasteiger partial charge in [0.2, 0.25) is 0 Å². The fourth-order valence-corrected chi connectivity index (χ4v) is 3.24. The number of piperazine rings is 1. The first-order valence-electron chi connectivity index (χ1n) is 6.98. The monoisotopic (exact) mass is 328 g/mol. The Bertz CT molecular complexity index is 446. The Balaban J connectivity index is 2.33. The maximum atomic E-state index is 13.5. The zero-order chi connectivity index (χ0) is 14.0. The van der Waals surface area contributed by atoms with E-state index in [1.807, 2.05) is 0 Å². The molecule has 4 heteroatoms. The predicted octanol–water partition coefficient (Wildman–Crippen LogP) is 3.95. The molecular weight excluding hydrogens is 307 g/mol. The zero-order valence-electron chi connectivity index (χ0n) is 11.8. The minimum Gasteiger partial charge on any atom is -0.365 e. The fourth-order valence-electron chi connectivity index (χ4n) is 2.76. The lowest BCUT2D eigenvalue weighted by Gasteiger charge is -2.48. The second-order valence-corrected chi connectivity index (χ2v) is 6.30. The molecule has 2 nitrogen and oxygen atoms in total. The van der Waals surface area contributed by atoms with E-state index in [4.69, 9.17) is 0 Å². The molecule has 0 aliphatic carbocycles. The van der Waals surface area contributed by atoms with Crippen LogP contribution in [0.25, 0.3) is 0 Å². The molecule has 1 aliphatic rings. The maximum Gasteiger partial charge on any atom is 0.125 e. The summed E-state index contributed by atoms with van der Waals surface area (Å²) in [6.07, 6.45) is 2.17. The molecule has 1 aliphatic heterocycles. The topological polar surface area (TPSA) is 15.3 Å². The van der Waals surface area contributed by atoms with Crippen LogP contribution in [0.1, 0.15) is 33.6 Å². The minimum absolute atomic E-state index is 0.137. The van der Waals surface area contributed by atoms with E-state index >= 15 is 0 Å². The number of rotatable bonds is 3. The van der Waals surface area contributed by atoms with Crippen molar-refractivity contribution in [3.8, 4) is 0 Å². The maximum absolute atomic E-state index is 13.5. The zero-order valence-corrected chi connectivity index (χ0v) is 13.4. The van der Waals surface area contributed by atoms with Crippen LogP contribution in [0.5, 0.6) is 0 Å². The largest absolute Gasteiger partial charge is 0.365 e. The molecule has 0 amide bonds. The number of benzene rings is 1. The Kier molecular flexibility index (Phi) is 4.51. The number of hydrogen-bond donors (Lipinski definition) is 1. The predicted molar refractivity (Wildman–Crippen MR) is 82.2 cm³/mol. The van der Waals surface area contributed by atoms with Gasteiger partial charge in [-0.3, -0.25) is 0 Å². The van der Waals surface area contributed by atoms with Crippen molar-refractivity contribution in [2.45, 2.75) is 45.2 Å². The summed E-state index contributed by atoms with van der Waals surface area (Å²) < 4.78 is 14.5. The molecule has 1 N–H and O–H groups in total. The molecule has 1 fully saturated rings. The van der Waals surface area contributed by atoms with Crippen LogP contribution < -0.4 is 10.2 Å². The van der Waals surface area contributed by atoms with E-state index in [9.17, 15) is 4.39 Å². The van der Waals surface area contributed by atoms with Crippen LogP contribution in [0.4, 0.5) is 10.1 Å². The van der Waals surface area contributed by atoms with Crippen LogP contribution in [-0.4, -0.2) is 24.7 Å². The molecule has 0 aromatic heterocycles. The van der Waals surface area contributed by atoms with Crippen LogP contribution in [0.3, 0.4) is 0 Å². The summed E-state index contributed by atoms with van der Waals surface area (Å²) in [6.45, 7) is 8.46. The molecule has 0 radical (unpaired) electrons. The molecule has 2 rings (SSSR count). The standard InChI is InChI=1S/C15H22BrFN2/c1-4-15(5-2)10-19(11(3)9-18-15)14-8-12(17)6-7-13(14)16/h6-8,11,18H,4-5,9-10H2,1-3H3. The van der Waals surface area contributed by atoms with E-state index in [2.05, 4.69) is 46.9 Å². The average Bonchev–Trinajstić information content (AvgIpc) is 2.43. The van der Waals surface area contributed by atoms with E-state index < -0.39 is 0 Å². The molecule has 1 heterocycles. The van der Waals surface area contributed by atoms with Crippen molar-refractivity contribution in [3.05, 3.63) is 28.5 Å². The van der Waals surface area contributed by atoms with Gasteiger partial charge in [-0.25, -0.2) is 4.39 Å². The third-order valence-corrected chi connectivity index (χ3v) is 5.02. The van der Waals surface area contributed by atoms with Crippen molar-refractivity contribution in [1.29, 1.82) is 0 Å². The van der Waals surface area contributed by atoms with Gasteiger partial charge in [0.1, 0.15) is 5.82 Å². The Morgan fingerprint density at radius 2 is 2.11 bits per heavy atom. The van der Waals surface area contributed by atoms with Crippen LogP contribution >= 0.6 is 15.9 Å². The number of hydrogen-bond acceptors (Lipinski definition) is 2. The van der Waals surface area contributed by atoms with Gasteiger partial charge in [0, 0.05) is 29.1 Å². The summed E-state index contributed by atoms with van der Waals surface area (Å²) in [5.41, 5.74) is 1.10. The van der Waals surface area contributed by atoms with E-state index in [1.54, 1.807) is 12.1 Å². The molecule has 1 unspecified atom stereocenters. The highest BCUT2D eigenvalue weighted by atomic mass is 79.9. The van der Waals surface area contributed by atoms with Gasteiger partial charge in [0.05, 0.1) is 5.69 Å². The quantitative estimate of drug-likeness (QED) is 0.903. The van der Waals surface area contributed by atoms with Gasteiger partial charge < -0.3 is 10.2 Å². The molecular formula is C15H22BrFN2. The van der Waals surface area contributed by atoms with Crippen LogP contribution in [0.2, 0.25) is 0 Å². The Hall–Kier alpha value is -0.610. The van der Waals surface area contributed by atoms with Gasteiger partial charge in [-0.1, -0.05) is 13.8 Å². The van der Waals surface area contributed by atoms with Gasteiger partial charge >= 0.3 is 0 Å². The van der Waals surface area contributed by atoms with Crippen molar-refractivity contribution < 1.29 is 4.39 Å². The van der Waals surface area contributed by atoms with Gasteiger partial charge in [0.25, 0.3) is 0 Å². The third kappa shape index (κ3) is 2.95. The van der Waals surface area contributed by atoms with E-state index in [-0.39, 0.29) is 11.4 Å². The van der Waals surface area contributed by atoms with Crippen LogP contribution in [-0.2, 0) is 0 Å². The Morgan fingerprint density at radius 1 is 1.42 bits per heavy atom. The van der Waals surface area contributed by atoms with Crippen molar-refractivity contribution in [2.24, 2.45) is 0 Å².